The molecule has 0 heterocycles. The molecule has 0 saturated carbocycles. The molecule has 5 nitrogen and oxygen atoms in total. The Balaban J connectivity index is 3.37. The highest BCUT2D eigenvalue weighted by Gasteiger charge is 2.05. The number of hydrogen-bond donors (Lipinski definition) is 3. The highest BCUT2D eigenvalue weighted by molar-refractivity contribution is 8.00. The van der Waals surface area contributed by atoms with Gasteiger partial charge in [0.1, 0.15) is 0 Å². The fourth-order valence-corrected chi connectivity index (χ4v) is 1.41. The Hall–Kier alpha value is -0.750. The zero-order chi connectivity index (χ0) is 11.7. The molecular weight excluding hydrogens is 216 g/mol. The summed E-state index contributed by atoms with van der Waals surface area (Å²) in [5.74, 6) is 0.153. The standard InChI is InChI=1S/C9H18N2O3S/c1-7(5-12)15-6-9(14)11-4-3-10-8(2)13/h7,12H,3-6H2,1-2H3,(H,10,13)(H,11,14). The Kier molecular flexibility index (Phi) is 8.12. The highest BCUT2D eigenvalue weighted by atomic mass is 32.2. The van der Waals surface area contributed by atoms with E-state index >= 15 is 0 Å². The second-order valence-corrected chi connectivity index (χ2v) is 4.56. The lowest BCUT2D eigenvalue weighted by Gasteiger charge is -2.08. The van der Waals surface area contributed by atoms with Gasteiger partial charge < -0.3 is 15.7 Å². The van der Waals surface area contributed by atoms with Crippen molar-refractivity contribution in [2.45, 2.75) is 19.1 Å². The van der Waals surface area contributed by atoms with Crippen LogP contribution in [-0.4, -0.2) is 47.6 Å². The molecule has 0 aromatic heterocycles. The van der Waals surface area contributed by atoms with Crippen LogP contribution >= 0.6 is 11.8 Å². The summed E-state index contributed by atoms with van der Waals surface area (Å²) in [6.45, 7) is 4.24. The molecule has 0 aliphatic rings. The van der Waals surface area contributed by atoms with E-state index in [0.717, 1.165) is 0 Å². The highest BCUT2D eigenvalue weighted by Crippen LogP contribution is 2.07. The van der Waals surface area contributed by atoms with Crippen LogP contribution in [0.5, 0.6) is 0 Å². The molecule has 0 spiro atoms. The molecule has 0 saturated heterocycles. The quantitative estimate of drug-likeness (QED) is 0.512. The van der Waals surface area contributed by atoms with E-state index in [0.29, 0.717) is 18.8 Å². The van der Waals surface area contributed by atoms with Crippen LogP contribution in [0.2, 0.25) is 0 Å². The van der Waals surface area contributed by atoms with Crippen molar-refractivity contribution in [3.8, 4) is 0 Å². The minimum Gasteiger partial charge on any atom is -0.395 e. The number of nitrogens with one attached hydrogen (secondary N) is 2. The molecule has 3 N–H and O–H groups in total. The van der Waals surface area contributed by atoms with E-state index in [1.54, 1.807) is 0 Å². The van der Waals surface area contributed by atoms with Gasteiger partial charge in [-0.25, -0.2) is 0 Å². The van der Waals surface area contributed by atoms with Crippen LogP contribution in [0.25, 0.3) is 0 Å². The van der Waals surface area contributed by atoms with Gasteiger partial charge in [-0.2, -0.15) is 0 Å². The van der Waals surface area contributed by atoms with E-state index in [4.69, 9.17) is 5.11 Å². The van der Waals surface area contributed by atoms with Crippen molar-refractivity contribution in [3.05, 3.63) is 0 Å². The van der Waals surface area contributed by atoms with Gasteiger partial charge in [0, 0.05) is 25.3 Å². The van der Waals surface area contributed by atoms with Gasteiger partial charge in [0.15, 0.2) is 0 Å². The second kappa shape index (κ2) is 8.55. The maximum Gasteiger partial charge on any atom is 0.230 e. The third kappa shape index (κ3) is 9.55. The molecule has 6 heteroatoms. The van der Waals surface area contributed by atoms with Crippen molar-refractivity contribution in [3.63, 3.8) is 0 Å². The zero-order valence-corrected chi connectivity index (χ0v) is 9.89. The topological polar surface area (TPSA) is 78.4 Å². The molecule has 0 radical (unpaired) electrons. The molecule has 88 valence electrons. The minimum absolute atomic E-state index is 0.0733. The van der Waals surface area contributed by atoms with E-state index in [1.165, 1.54) is 18.7 Å². The van der Waals surface area contributed by atoms with E-state index in [1.807, 2.05) is 6.92 Å². The summed E-state index contributed by atoms with van der Waals surface area (Å²) < 4.78 is 0. The maximum atomic E-state index is 11.2. The minimum atomic E-state index is -0.104. The summed E-state index contributed by atoms with van der Waals surface area (Å²) >= 11 is 1.40. The zero-order valence-electron chi connectivity index (χ0n) is 9.08. The molecule has 0 fully saturated rings. The number of carbonyl (C=O) groups is 2. The summed E-state index contributed by atoms with van der Waals surface area (Å²) in [5.41, 5.74) is 0. The Bertz CT molecular complexity index is 212. The summed E-state index contributed by atoms with van der Waals surface area (Å²) in [4.78, 5) is 21.7. The number of carbonyl (C=O) groups excluding carboxylic acids is 2. The molecule has 0 bridgehead atoms. The lowest BCUT2D eigenvalue weighted by molar-refractivity contribution is -0.120. The molecule has 1 unspecified atom stereocenters. The SMILES string of the molecule is CC(=O)NCCNC(=O)CSC(C)CO. The van der Waals surface area contributed by atoms with Crippen molar-refractivity contribution in [1.29, 1.82) is 0 Å². The Morgan fingerprint density at radius 1 is 1.33 bits per heavy atom. The molecule has 0 aromatic carbocycles. The number of aliphatic hydroxyl groups is 1. The monoisotopic (exact) mass is 234 g/mol. The fraction of sp³-hybridized carbons (Fsp3) is 0.778. The van der Waals surface area contributed by atoms with Crippen LogP contribution in [0.1, 0.15) is 13.8 Å². The van der Waals surface area contributed by atoms with Crippen LogP contribution in [0.3, 0.4) is 0 Å². The molecule has 2 amide bonds. The third-order valence-corrected chi connectivity index (χ3v) is 2.72. The first kappa shape index (κ1) is 14.2. The Labute approximate surface area is 94.0 Å². The number of thioether (sulfide) groups is 1. The smallest absolute Gasteiger partial charge is 0.230 e. The van der Waals surface area contributed by atoms with E-state index < -0.39 is 0 Å². The number of hydrogen-bond acceptors (Lipinski definition) is 4. The van der Waals surface area contributed by atoms with Gasteiger partial charge >= 0.3 is 0 Å². The second-order valence-electron chi connectivity index (χ2n) is 3.14. The van der Waals surface area contributed by atoms with Crippen LogP contribution in [0.4, 0.5) is 0 Å². The molecule has 0 aliphatic carbocycles. The van der Waals surface area contributed by atoms with Gasteiger partial charge in [-0.3, -0.25) is 9.59 Å². The molecule has 1 atom stereocenters. The van der Waals surface area contributed by atoms with E-state index in [2.05, 4.69) is 10.6 Å². The molecule has 15 heavy (non-hydrogen) atoms. The van der Waals surface area contributed by atoms with Gasteiger partial charge in [-0.05, 0) is 0 Å². The predicted molar refractivity (Wildman–Crippen MR) is 60.7 cm³/mol. The molecule has 0 aliphatic heterocycles. The summed E-state index contributed by atoms with van der Waals surface area (Å²) in [5, 5.41) is 14.0. The molecular formula is C9H18N2O3S. The van der Waals surface area contributed by atoms with Crippen molar-refractivity contribution in [1.82, 2.24) is 10.6 Å². The number of rotatable bonds is 7. The van der Waals surface area contributed by atoms with Gasteiger partial charge in [-0.1, -0.05) is 6.92 Å². The van der Waals surface area contributed by atoms with Gasteiger partial charge in [0.2, 0.25) is 11.8 Å². The molecule has 0 aromatic rings. The lowest BCUT2D eigenvalue weighted by atomic mass is 10.5. The largest absolute Gasteiger partial charge is 0.395 e. The van der Waals surface area contributed by atoms with Crippen LogP contribution in [0, 0.1) is 0 Å². The summed E-state index contributed by atoms with van der Waals surface area (Å²) in [6, 6.07) is 0. The van der Waals surface area contributed by atoms with Crippen LogP contribution in [-0.2, 0) is 9.59 Å². The summed E-state index contributed by atoms with van der Waals surface area (Å²) in [6.07, 6.45) is 0. The van der Waals surface area contributed by atoms with Gasteiger partial charge in [0.25, 0.3) is 0 Å². The van der Waals surface area contributed by atoms with E-state index in [9.17, 15) is 9.59 Å². The lowest BCUT2D eigenvalue weighted by Crippen LogP contribution is -2.34. The Morgan fingerprint density at radius 3 is 2.47 bits per heavy atom. The average molecular weight is 234 g/mol. The fourth-order valence-electron chi connectivity index (χ4n) is 0.762. The predicted octanol–water partition coefficient (Wildman–Crippen LogP) is -0.647. The van der Waals surface area contributed by atoms with Crippen molar-refractivity contribution >= 4 is 23.6 Å². The van der Waals surface area contributed by atoms with Crippen molar-refractivity contribution in [2.75, 3.05) is 25.4 Å². The Morgan fingerprint density at radius 2 is 1.93 bits per heavy atom. The van der Waals surface area contributed by atoms with Gasteiger partial charge in [-0.15, -0.1) is 11.8 Å². The third-order valence-electron chi connectivity index (χ3n) is 1.58. The maximum absolute atomic E-state index is 11.2. The van der Waals surface area contributed by atoms with Gasteiger partial charge in [0.05, 0.1) is 12.4 Å². The van der Waals surface area contributed by atoms with Crippen LogP contribution < -0.4 is 10.6 Å². The average Bonchev–Trinajstić information content (AvgIpc) is 2.20. The normalized spacial score (nSPS) is 11.9. The molecule has 0 rings (SSSR count). The van der Waals surface area contributed by atoms with Crippen molar-refractivity contribution in [2.24, 2.45) is 0 Å². The first-order valence-corrected chi connectivity index (χ1v) is 5.84. The number of aliphatic hydroxyl groups excluding tert-OH is 1. The summed E-state index contributed by atoms with van der Waals surface area (Å²) in [7, 11) is 0. The first-order valence-electron chi connectivity index (χ1n) is 4.80. The first-order chi connectivity index (χ1) is 7.06. The number of amides is 2. The van der Waals surface area contributed by atoms with Crippen molar-refractivity contribution < 1.29 is 14.7 Å². The van der Waals surface area contributed by atoms with E-state index in [-0.39, 0.29) is 23.7 Å². The van der Waals surface area contributed by atoms with Crippen LogP contribution in [0.15, 0.2) is 0 Å².